The van der Waals surface area contributed by atoms with E-state index in [9.17, 15) is 4.79 Å². The zero-order valence-electron chi connectivity index (χ0n) is 10.4. The van der Waals surface area contributed by atoms with Gasteiger partial charge in [-0.2, -0.15) is 0 Å². The van der Waals surface area contributed by atoms with Crippen molar-refractivity contribution < 1.29 is 14.3 Å². The number of carbonyl (C=O) groups excluding carboxylic acids is 1. The van der Waals surface area contributed by atoms with Gasteiger partial charge in [-0.1, -0.05) is 30.3 Å². The van der Waals surface area contributed by atoms with Crippen LogP contribution in [-0.4, -0.2) is 23.4 Å². The molecule has 0 unspecified atom stereocenters. The molecule has 98 valence electrons. The second-order valence-corrected chi connectivity index (χ2v) is 3.65. The Morgan fingerprint density at radius 3 is 2.58 bits per heavy atom. The Hall–Kier alpha value is -2.63. The topological polar surface area (TPSA) is 73.3 Å². The molecule has 0 spiro atoms. The summed E-state index contributed by atoms with van der Waals surface area (Å²) in [6.45, 7) is 0.205. The van der Waals surface area contributed by atoms with Crippen molar-refractivity contribution >= 4 is 11.9 Å². The molecule has 0 atom stereocenters. The molecule has 0 saturated carbocycles. The quantitative estimate of drug-likeness (QED) is 0.911. The van der Waals surface area contributed by atoms with Gasteiger partial charge in [-0.3, -0.25) is 5.32 Å². The van der Waals surface area contributed by atoms with Crippen molar-refractivity contribution in [1.82, 2.24) is 10.2 Å². The average molecular weight is 259 g/mol. The first-order chi connectivity index (χ1) is 9.28. The fourth-order valence-electron chi connectivity index (χ4n) is 1.36. The predicted molar refractivity (Wildman–Crippen MR) is 68.8 cm³/mol. The highest BCUT2D eigenvalue weighted by molar-refractivity contribution is 5.83. The summed E-state index contributed by atoms with van der Waals surface area (Å²) in [6, 6.07) is 12.6. The number of carbonyl (C=O) groups is 1. The number of methoxy groups -OCH3 is 1. The highest BCUT2D eigenvalue weighted by Crippen LogP contribution is 2.08. The Kier molecular flexibility index (Phi) is 4.28. The van der Waals surface area contributed by atoms with Crippen LogP contribution in [0.15, 0.2) is 42.5 Å². The van der Waals surface area contributed by atoms with Gasteiger partial charge in [0, 0.05) is 6.07 Å². The van der Waals surface area contributed by atoms with Crippen molar-refractivity contribution in [3.05, 3.63) is 48.0 Å². The van der Waals surface area contributed by atoms with Crippen molar-refractivity contribution in [2.24, 2.45) is 0 Å². The van der Waals surface area contributed by atoms with Gasteiger partial charge in [-0.15, -0.1) is 10.2 Å². The van der Waals surface area contributed by atoms with E-state index in [0.717, 1.165) is 5.56 Å². The molecule has 1 amide bonds. The number of benzene rings is 1. The number of nitrogens with zero attached hydrogens (tertiary/aromatic N) is 2. The van der Waals surface area contributed by atoms with Crippen LogP contribution in [0.5, 0.6) is 5.88 Å². The van der Waals surface area contributed by atoms with E-state index in [1.165, 1.54) is 7.11 Å². The highest BCUT2D eigenvalue weighted by Gasteiger charge is 2.05. The van der Waals surface area contributed by atoms with Crippen LogP contribution < -0.4 is 10.1 Å². The largest absolute Gasteiger partial charge is 0.480 e. The number of rotatable bonds is 4. The Morgan fingerprint density at radius 2 is 1.95 bits per heavy atom. The smallest absolute Gasteiger partial charge is 0.413 e. The molecule has 6 nitrogen and oxygen atoms in total. The van der Waals surface area contributed by atoms with Gasteiger partial charge < -0.3 is 9.47 Å². The van der Waals surface area contributed by atoms with Crippen molar-refractivity contribution in [3.8, 4) is 5.88 Å². The van der Waals surface area contributed by atoms with Gasteiger partial charge in [0.2, 0.25) is 5.88 Å². The molecular weight excluding hydrogens is 246 g/mol. The fourth-order valence-corrected chi connectivity index (χ4v) is 1.36. The molecule has 2 aromatic rings. The molecule has 0 aliphatic heterocycles. The minimum Gasteiger partial charge on any atom is -0.480 e. The van der Waals surface area contributed by atoms with Crippen molar-refractivity contribution in [1.29, 1.82) is 0 Å². The van der Waals surface area contributed by atoms with Crippen molar-refractivity contribution in [3.63, 3.8) is 0 Å². The Balaban J connectivity index is 1.83. The molecule has 0 radical (unpaired) electrons. The number of nitrogens with one attached hydrogen (secondary N) is 1. The van der Waals surface area contributed by atoms with E-state index in [1.54, 1.807) is 12.1 Å². The molecule has 1 aromatic carbocycles. The van der Waals surface area contributed by atoms with Crippen molar-refractivity contribution in [2.75, 3.05) is 12.4 Å². The lowest BCUT2D eigenvalue weighted by Gasteiger charge is -2.06. The molecule has 0 aliphatic carbocycles. The third kappa shape index (κ3) is 3.95. The van der Waals surface area contributed by atoms with E-state index in [1.807, 2.05) is 30.3 Å². The van der Waals surface area contributed by atoms with Crippen LogP contribution in [0.25, 0.3) is 0 Å². The Morgan fingerprint density at radius 1 is 1.16 bits per heavy atom. The van der Waals surface area contributed by atoms with E-state index < -0.39 is 6.09 Å². The minimum absolute atomic E-state index is 0.205. The van der Waals surface area contributed by atoms with Gasteiger partial charge in [0.1, 0.15) is 6.61 Å². The third-order valence-corrected chi connectivity index (χ3v) is 2.29. The first-order valence-electron chi connectivity index (χ1n) is 5.63. The number of amides is 1. The number of anilines is 1. The van der Waals surface area contributed by atoms with E-state index in [-0.39, 0.29) is 6.61 Å². The predicted octanol–water partition coefficient (Wildman–Crippen LogP) is 2.23. The molecule has 0 saturated heterocycles. The van der Waals surface area contributed by atoms with Gasteiger partial charge in [-0.05, 0) is 11.6 Å². The first-order valence-corrected chi connectivity index (χ1v) is 5.63. The number of aromatic nitrogens is 2. The first kappa shape index (κ1) is 12.8. The van der Waals surface area contributed by atoms with Gasteiger partial charge in [0.05, 0.1) is 7.11 Å². The summed E-state index contributed by atoms with van der Waals surface area (Å²) in [5.41, 5.74) is 0.915. The lowest BCUT2D eigenvalue weighted by Crippen LogP contribution is -2.14. The summed E-state index contributed by atoms with van der Waals surface area (Å²) in [7, 11) is 1.49. The normalized spacial score (nSPS) is 9.74. The van der Waals surface area contributed by atoms with E-state index in [2.05, 4.69) is 15.5 Å². The Bertz CT molecular complexity index is 529. The molecule has 0 bridgehead atoms. The van der Waals surface area contributed by atoms with Gasteiger partial charge in [0.15, 0.2) is 5.82 Å². The molecule has 0 fully saturated rings. The molecule has 2 rings (SSSR count). The summed E-state index contributed by atoms with van der Waals surface area (Å²) in [5.74, 6) is 0.682. The minimum atomic E-state index is -0.580. The maximum Gasteiger partial charge on any atom is 0.413 e. The van der Waals surface area contributed by atoms with Crippen molar-refractivity contribution in [2.45, 2.75) is 6.61 Å². The summed E-state index contributed by atoms with van der Waals surface area (Å²) >= 11 is 0. The summed E-state index contributed by atoms with van der Waals surface area (Å²) in [4.78, 5) is 11.5. The lowest BCUT2D eigenvalue weighted by atomic mass is 10.2. The molecule has 6 heteroatoms. The summed E-state index contributed by atoms with van der Waals surface area (Å²) < 4.78 is 9.90. The second-order valence-electron chi connectivity index (χ2n) is 3.65. The summed E-state index contributed by atoms with van der Waals surface area (Å²) in [5, 5.41) is 9.96. The molecular formula is C13H13N3O3. The maximum absolute atomic E-state index is 11.5. The number of ether oxygens (including phenoxy) is 2. The SMILES string of the molecule is COc1ccc(NC(=O)OCc2ccccc2)nn1. The van der Waals surface area contributed by atoms with Gasteiger partial charge in [-0.25, -0.2) is 4.79 Å². The van der Waals surface area contributed by atoms with Gasteiger partial charge in [0.25, 0.3) is 0 Å². The van der Waals surface area contributed by atoms with Gasteiger partial charge >= 0.3 is 6.09 Å². The Labute approximate surface area is 110 Å². The van der Waals surface area contributed by atoms with Crippen LogP contribution >= 0.6 is 0 Å². The standard InChI is InChI=1S/C13H13N3O3/c1-18-12-8-7-11(15-16-12)14-13(17)19-9-10-5-3-2-4-6-10/h2-8H,9H2,1H3,(H,14,15,17). The summed E-state index contributed by atoms with van der Waals surface area (Å²) in [6.07, 6.45) is -0.580. The van der Waals surface area contributed by atoms with E-state index in [0.29, 0.717) is 11.7 Å². The number of hydrogen-bond acceptors (Lipinski definition) is 5. The zero-order chi connectivity index (χ0) is 13.5. The molecule has 19 heavy (non-hydrogen) atoms. The van der Waals surface area contributed by atoms with E-state index in [4.69, 9.17) is 9.47 Å². The fraction of sp³-hybridized carbons (Fsp3) is 0.154. The lowest BCUT2D eigenvalue weighted by molar-refractivity contribution is 0.155. The third-order valence-electron chi connectivity index (χ3n) is 2.29. The molecule has 1 heterocycles. The second kappa shape index (κ2) is 6.34. The van der Waals surface area contributed by atoms with Crippen LogP contribution in [0.2, 0.25) is 0 Å². The molecule has 1 aromatic heterocycles. The number of hydrogen-bond donors (Lipinski definition) is 1. The highest BCUT2D eigenvalue weighted by atomic mass is 16.5. The monoisotopic (exact) mass is 259 g/mol. The van der Waals surface area contributed by atoms with E-state index >= 15 is 0 Å². The van der Waals surface area contributed by atoms with Crippen LogP contribution in [0.4, 0.5) is 10.6 Å². The zero-order valence-corrected chi connectivity index (χ0v) is 10.4. The van der Waals surface area contributed by atoms with Crippen LogP contribution in [0.3, 0.4) is 0 Å². The van der Waals surface area contributed by atoms with Crippen LogP contribution in [0.1, 0.15) is 5.56 Å². The molecule has 1 N–H and O–H groups in total. The van der Waals surface area contributed by atoms with Crippen LogP contribution in [0, 0.1) is 0 Å². The maximum atomic E-state index is 11.5. The molecule has 0 aliphatic rings. The van der Waals surface area contributed by atoms with Crippen LogP contribution in [-0.2, 0) is 11.3 Å². The average Bonchev–Trinajstić information content (AvgIpc) is 2.47.